The van der Waals surface area contributed by atoms with Crippen LogP contribution in [0.4, 0.5) is 5.69 Å². The number of rotatable bonds is 3. The fourth-order valence-corrected chi connectivity index (χ4v) is 0.738. The largest absolute Gasteiger partial charge is 0.361 e. The van der Waals surface area contributed by atoms with Crippen LogP contribution in [0.25, 0.3) is 0 Å². The first-order valence-electron chi connectivity index (χ1n) is 2.93. The topological polar surface area (TPSA) is 51.7 Å². The van der Waals surface area contributed by atoms with E-state index in [1.165, 1.54) is 6.21 Å². The van der Waals surface area contributed by atoms with Crippen LogP contribution in [0.2, 0.25) is 0 Å². The molecular weight excluding hydrogens is 126 g/mol. The van der Waals surface area contributed by atoms with Crippen molar-refractivity contribution in [1.82, 2.24) is 4.98 Å². The van der Waals surface area contributed by atoms with Gasteiger partial charge in [-0.2, -0.15) is 0 Å². The van der Waals surface area contributed by atoms with E-state index in [4.69, 9.17) is 5.41 Å². The highest BCUT2D eigenvalue weighted by molar-refractivity contribution is 5.83. The Morgan fingerprint density at radius 2 is 2.50 bits per heavy atom. The first kappa shape index (κ1) is 6.61. The van der Waals surface area contributed by atoms with Gasteiger partial charge in [0, 0.05) is 12.4 Å². The van der Waals surface area contributed by atoms with Gasteiger partial charge in [-0.25, -0.2) is 0 Å². The van der Waals surface area contributed by atoms with Gasteiger partial charge in [-0.05, 0) is 12.3 Å². The highest BCUT2D eigenvalue weighted by atomic mass is 14.9. The standard InChI is InChI=1S/C7H9N3/c1-2-9-6-3-4-10-7(6)5-8/h2-5,8-10H,1H2. The van der Waals surface area contributed by atoms with Crippen molar-refractivity contribution in [2.45, 2.75) is 0 Å². The fraction of sp³-hybridized carbons (Fsp3) is 0. The average molecular weight is 135 g/mol. The number of aromatic nitrogens is 1. The molecule has 0 unspecified atom stereocenters. The smallest absolute Gasteiger partial charge is 0.0797 e. The maximum Gasteiger partial charge on any atom is 0.0797 e. The molecule has 52 valence electrons. The van der Waals surface area contributed by atoms with Gasteiger partial charge in [0.2, 0.25) is 0 Å². The van der Waals surface area contributed by atoms with Crippen LogP contribution in [0.3, 0.4) is 0 Å². The minimum Gasteiger partial charge on any atom is -0.361 e. The minimum atomic E-state index is 0.764. The number of anilines is 1. The van der Waals surface area contributed by atoms with Crippen molar-refractivity contribution in [3.63, 3.8) is 0 Å². The second kappa shape index (κ2) is 2.87. The molecule has 1 heterocycles. The summed E-state index contributed by atoms with van der Waals surface area (Å²) in [6, 6.07) is 1.85. The van der Waals surface area contributed by atoms with E-state index < -0.39 is 0 Å². The van der Waals surface area contributed by atoms with E-state index >= 15 is 0 Å². The van der Waals surface area contributed by atoms with Crippen LogP contribution in [-0.4, -0.2) is 11.2 Å². The molecule has 0 radical (unpaired) electrons. The molecule has 0 aliphatic carbocycles. The molecule has 0 fully saturated rings. The van der Waals surface area contributed by atoms with Gasteiger partial charge in [-0.3, -0.25) is 0 Å². The summed E-state index contributed by atoms with van der Waals surface area (Å²) in [5, 5.41) is 9.84. The fourth-order valence-electron chi connectivity index (χ4n) is 0.738. The number of aromatic amines is 1. The molecule has 1 aromatic rings. The average Bonchev–Trinajstić information content (AvgIpc) is 2.36. The van der Waals surface area contributed by atoms with E-state index in [0.717, 1.165) is 11.4 Å². The summed E-state index contributed by atoms with van der Waals surface area (Å²) >= 11 is 0. The molecule has 3 nitrogen and oxygen atoms in total. The lowest BCUT2D eigenvalue weighted by Crippen LogP contribution is -1.88. The summed E-state index contributed by atoms with van der Waals surface area (Å²) in [6.07, 6.45) is 4.61. The number of hydrogen-bond acceptors (Lipinski definition) is 2. The first-order valence-corrected chi connectivity index (χ1v) is 2.93. The van der Waals surface area contributed by atoms with Gasteiger partial charge in [0.15, 0.2) is 0 Å². The number of nitrogens with one attached hydrogen (secondary N) is 3. The molecule has 3 N–H and O–H groups in total. The Kier molecular flexibility index (Phi) is 1.89. The second-order valence-electron chi connectivity index (χ2n) is 1.80. The maximum absolute atomic E-state index is 6.95. The zero-order valence-electron chi connectivity index (χ0n) is 5.52. The predicted octanol–water partition coefficient (Wildman–Crippen LogP) is 1.57. The van der Waals surface area contributed by atoms with E-state index in [9.17, 15) is 0 Å². The molecular formula is C7H9N3. The summed E-state index contributed by atoms with van der Waals surface area (Å²) in [5.74, 6) is 0. The molecule has 0 saturated heterocycles. The van der Waals surface area contributed by atoms with Crippen molar-refractivity contribution < 1.29 is 0 Å². The Morgan fingerprint density at radius 3 is 3.10 bits per heavy atom. The molecule has 3 heteroatoms. The summed E-state index contributed by atoms with van der Waals surface area (Å²) in [4.78, 5) is 2.89. The number of hydrogen-bond donors (Lipinski definition) is 3. The lowest BCUT2D eigenvalue weighted by atomic mass is 10.4. The zero-order chi connectivity index (χ0) is 7.40. The Morgan fingerprint density at radius 1 is 1.70 bits per heavy atom. The normalized spacial score (nSPS) is 8.80. The van der Waals surface area contributed by atoms with Crippen molar-refractivity contribution in [2.24, 2.45) is 0 Å². The Labute approximate surface area is 59.3 Å². The molecule has 0 aromatic carbocycles. The molecule has 0 amide bonds. The molecule has 0 aliphatic rings. The van der Waals surface area contributed by atoms with Crippen LogP contribution < -0.4 is 5.32 Å². The van der Waals surface area contributed by atoms with Crippen molar-refractivity contribution in [3.8, 4) is 0 Å². The summed E-state index contributed by atoms with van der Waals surface area (Å²) < 4.78 is 0. The van der Waals surface area contributed by atoms with Crippen molar-refractivity contribution in [1.29, 1.82) is 5.41 Å². The molecule has 0 bridgehead atoms. The molecule has 1 rings (SSSR count). The number of H-pyrrole nitrogens is 1. The molecule has 10 heavy (non-hydrogen) atoms. The minimum absolute atomic E-state index is 0.764. The summed E-state index contributed by atoms with van der Waals surface area (Å²) in [5.41, 5.74) is 1.64. The highest BCUT2D eigenvalue weighted by Gasteiger charge is 1.95. The first-order chi connectivity index (χ1) is 4.88. The Hall–Kier alpha value is -1.51. The van der Waals surface area contributed by atoms with Crippen LogP contribution >= 0.6 is 0 Å². The van der Waals surface area contributed by atoms with Crippen LogP contribution in [0.5, 0.6) is 0 Å². The van der Waals surface area contributed by atoms with Gasteiger partial charge in [-0.15, -0.1) is 0 Å². The van der Waals surface area contributed by atoms with Gasteiger partial charge < -0.3 is 15.7 Å². The van der Waals surface area contributed by atoms with Crippen LogP contribution in [-0.2, 0) is 0 Å². The lowest BCUT2D eigenvalue weighted by molar-refractivity contribution is 1.36. The Bertz CT molecular complexity index is 237. The molecule has 0 spiro atoms. The zero-order valence-corrected chi connectivity index (χ0v) is 5.52. The van der Waals surface area contributed by atoms with Crippen LogP contribution in [0, 0.1) is 5.41 Å². The predicted molar refractivity (Wildman–Crippen MR) is 42.5 cm³/mol. The molecule has 0 aliphatic heterocycles. The van der Waals surface area contributed by atoms with E-state index in [1.807, 2.05) is 6.07 Å². The van der Waals surface area contributed by atoms with Gasteiger partial charge >= 0.3 is 0 Å². The van der Waals surface area contributed by atoms with Crippen molar-refractivity contribution in [2.75, 3.05) is 5.32 Å². The quantitative estimate of drug-likeness (QED) is 0.541. The van der Waals surface area contributed by atoms with Crippen molar-refractivity contribution in [3.05, 3.63) is 30.7 Å². The Balaban J connectivity index is 2.89. The van der Waals surface area contributed by atoms with Crippen LogP contribution in [0.15, 0.2) is 25.0 Å². The summed E-state index contributed by atoms with van der Waals surface area (Å²) in [7, 11) is 0. The van der Waals surface area contributed by atoms with E-state index in [2.05, 4.69) is 16.9 Å². The molecule has 0 saturated carbocycles. The maximum atomic E-state index is 6.95. The third kappa shape index (κ3) is 1.07. The van der Waals surface area contributed by atoms with Crippen molar-refractivity contribution >= 4 is 11.9 Å². The third-order valence-corrected chi connectivity index (χ3v) is 1.18. The van der Waals surface area contributed by atoms with E-state index in [0.29, 0.717) is 0 Å². The van der Waals surface area contributed by atoms with Gasteiger partial charge in [0.05, 0.1) is 11.4 Å². The lowest BCUT2D eigenvalue weighted by Gasteiger charge is -1.95. The van der Waals surface area contributed by atoms with Gasteiger partial charge in [0.25, 0.3) is 0 Å². The third-order valence-electron chi connectivity index (χ3n) is 1.18. The van der Waals surface area contributed by atoms with Gasteiger partial charge in [0.1, 0.15) is 0 Å². The van der Waals surface area contributed by atoms with E-state index in [-0.39, 0.29) is 0 Å². The van der Waals surface area contributed by atoms with Crippen LogP contribution in [0.1, 0.15) is 5.69 Å². The monoisotopic (exact) mass is 135 g/mol. The molecule has 0 atom stereocenters. The molecule has 1 aromatic heterocycles. The second-order valence-corrected chi connectivity index (χ2v) is 1.80. The summed E-state index contributed by atoms with van der Waals surface area (Å²) in [6.45, 7) is 3.51. The van der Waals surface area contributed by atoms with Gasteiger partial charge in [-0.1, -0.05) is 6.58 Å². The SMILES string of the molecule is C=CNc1cc[nH]c1C=N. The van der Waals surface area contributed by atoms with E-state index in [1.54, 1.807) is 12.4 Å². The highest BCUT2D eigenvalue weighted by Crippen LogP contribution is 2.09.